The maximum atomic E-state index is 12.8. The highest BCUT2D eigenvalue weighted by Gasteiger charge is 2.11. The van der Waals surface area contributed by atoms with Crippen molar-refractivity contribution >= 4 is 5.69 Å². The SMILES string of the molecule is [C-]#[N+]c1c(F)cc(F)cc1OC. The first kappa shape index (κ1) is 8.47. The first-order valence-corrected chi connectivity index (χ1v) is 3.09. The van der Waals surface area contributed by atoms with E-state index >= 15 is 0 Å². The highest BCUT2D eigenvalue weighted by molar-refractivity contribution is 5.58. The molecule has 1 aromatic carbocycles. The van der Waals surface area contributed by atoms with Gasteiger partial charge < -0.3 is 4.74 Å². The highest BCUT2D eigenvalue weighted by atomic mass is 19.1. The smallest absolute Gasteiger partial charge is 0.263 e. The molecule has 0 spiro atoms. The third-order valence-electron chi connectivity index (χ3n) is 1.32. The number of hydrogen-bond acceptors (Lipinski definition) is 1. The standard InChI is InChI=1S/C8H5F2NO/c1-11-8-6(10)3-5(9)4-7(8)12-2/h3-4H,2H3. The van der Waals surface area contributed by atoms with Crippen LogP contribution in [-0.4, -0.2) is 7.11 Å². The molecule has 0 aliphatic carbocycles. The second-order valence-electron chi connectivity index (χ2n) is 2.05. The van der Waals surface area contributed by atoms with Crippen LogP contribution in [0.1, 0.15) is 0 Å². The molecule has 0 radical (unpaired) electrons. The summed E-state index contributed by atoms with van der Waals surface area (Å²) < 4.78 is 29.9. The summed E-state index contributed by atoms with van der Waals surface area (Å²) in [5.74, 6) is -1.74. The van der Waals surface area contributed by atoms with Crippen LogP contribution in [0.4, 0.5) is 14.5 Å². The Hall–Kier alpha value is -1.63. The minimum absolute atomic E-state index is 0.0810. The van der Waals surface area contributed by atoms with Gasteiger partial charge in [-0.25, -0.2) is 13.6 Å². The van der Waals surface area contributed by atoms with Gasteiger partial charge in [0.15, 0.2) is 0 Å². The van der Waals surface area contributed by atoms with Crippen molar-refractivity contribution in [3.63, 3.8) is 0 Å². The van der Waals surface area contributed by atoms with Gasteiger partial charge in [-0.3, -0.25) is 0 Å². The van der Waals surface area contributed by atoms with Gasteiger partial charge in [-0.2, -0.15) is 0 Å². The van der Waals surface area contributed by atoms with E-state index in [9.17, 15) is 8.78 Å². The van der Waals surface area contributed by atoms with Gasteiger partial charge in [-0.05, 0) is 6.07 Å². The van der Waals surface area contributed by atoms with Gasteiger partial charge in [0.25, 0.3) is 5.69 Å². The van der Waals surface area contributed by atoms with Crippen molar-refractivity contribution in [2.24, 2.45) is 0 Å². The molecule has 4 heteroatoms. The minimum atomic E-state index is -0.901. The van der Waals surface area contributed by atoms with Crippen LogP contribution in [0.2, 0.25) is 0 Å². The zero-order valence-electron chi connectivity index (χ0n) is 6.27. The minimum Gasteiger partial charge on any atom is -0.508 e. The van der Waals surface area contributed by atoms with Crippen molar-refractivity contribution in [2.75, 3.05) is 7.11 Å². The van der Waals surface area contributed by atoms with Gasteiger partial charge in [0.2, 0.25) is 0 Å². The van der Waals surface area contributed by atoms with E-state index in [1.807, 2.05) is 0 Å². The van der Waals surface area contributed by atoms with Gasteiger partial charge in [-0.1, -0.05) is 0 Å². The number of methoxy groups -OCH3 is 1. The Balaban J connectivity index is 3.36. The molecule has 0 fully saturated rings. The third-order valence-corrected chi connectivity index (χ3v) is 1.32. The third kappa shape index (κ3) is 1.35. The van der Waals surface area contributed by atoms with E-state index in [0.717, 1.165) is 6.07 Å². The van der Waals surface area contributed by atoms with Crippen LogP contribution in [0.25, 0.3) is 4.85 Å². The normalized spacial score (nSPS) is 9.17. The molecule has 0 amide bonds. The molecule has 0 aliphatic rings. The molecule has 12 heavy (non-hydrogen) atoms. The molecule has 0 atom stereocenters. The Morgan fingerprint density at radius 3 is 2.58 bits per heavy atom. The Kier molecular flexibility index (Phi) is 2.24. The van der Waals surface area contributed by atoms with E-state index in [1.54, 1.807) is 0 Å². The summed E-state index contributed by atoms with van der Waals surface area (Å²) >= 11 is 0. The summed E-state index contributed by atoms with van der Waals surface area (Å²) in [6, 6.07) is 1.62. The number of halogens is 2. The first-order chi connectivity index (χ1) is 5.69. The lowest BCUT2D eigenvalue weighted by Crippen LogP contribution is -1.87. The van der Waals surface area contributed by atoms with E-state index in [0.29, 0.717) is 6.07 Å². The van der Waals surface area contributed by atoms with Crippen LogP contribution < -0.4 is 4.74 Å². The van der Waals surface area contributed by atoms with Crippen molar-refractivity contribution in [1.82, 2.24) is 0 Å². The molecular formula is C8H5F2NO. The second kappa shape index (κ2) is 3.18. The fourth-order valence-electron chi connectivity index (χ4n) is 0.806. The molecule has 0 unspecified atom stereocenters. The van der Waals surface area contributed by atoms with Crippen LogP contribution in [0, 0.1) is 18.2 Å². The molecule has 0 heterocycles. The fraction of sp³-hybridized carbons (Fsp3) is 0.125. The number of hydrogen-bond donors (Lipinski definition) is 0. The van der Waals surface area contributed by atoms with Crippen LogP contribution in [0.15, 0.2) is 12.1 Å². The molecule has 0 saturated carbocycles. The van der Waals surface area contributed by atoms with Crippen molar-refractivity contribution < 1.29 is 13.5 Å². The lowest BCUT2D eigenvalue weighted by atomic mass is 10.3. The van der Waals surface area contributed by atoms with Crippen molar-refractivity contribution in [3.8, 4) is 5.75 Å². The first-order valence-electron chi connectivity index (χ1n) is 3.09. The van der Waals surface area contributed by atoms with Crippen LogP contribution in [0.3, 0.4) is 0 Å². The molecule has 0 aliphatic heterocycles. The van der Waals surface area contributed by atoms with E-state index in [4.69, 9.17) is 6.57 Å². The highest BCUT2D eigenvalue weighted by Crippen LogP contribution is 2.31. The Labute approximate surface area is 68.2 Å². The van der Waals surface area contributed by atoms with Crippen LogP contribution >= 0.6 is 0 Å². The van der Waals surface area contributed by atoms with Crippen LogP contribution in [0.5, 0.6) is 5.75 Å². The Morgan fingerprint density at radius 1 is 1.42 bits per heavy atom. The van der Waals surface area contributed by atoms with Gasteiger partial charge in [0.1, 0.15) is 17.4 Å². The lowest BCUT2D eigenvalue weighted by Gasteiger charge is -2.02. The fourth-order valence-corrected chi connectivity index (χ4v) is 0.806. The van der Waals surface area contributed by atoms with Gasteiger partial charge in [-0.15, -0.1) is 0 Å². The zero-order chi connectivity index (χ0) is 9.14. The van der Waals surface area contributed by atoms with E-state index in [2.05, 4.69) is 9.58 Å². The maximum Gasteiger partial charge on any atom is 0.263 e. The summed E-state index contributed by atoms with van der Waals surface area (Å²) in [4.78, 5) is 2.87. The Morgan fingerprint density at radius 2 is 2.08 bits per heavy atom. The van der Waals surface area contributed by atoms with Gasteiger partial charge in [0, 0.05) is 6.07 Å². The Bertz CT molecular complexity index is 344. The monoisotopic (exact) mass is 169 g/mol. The summed E-state index contributed by atoms with van der Waals surface area (Å²) in [6.45, 7) is 6.58. The number of benzene rings is 1. The van der Waals surface area contributed by atoms with E-state index in [1.165, 1.54) is 7.11 Å². The van der Waals surface area contributed by atoms with Crippen molar-refractivity contribution in [1.29, 1.82) is 0 Å². The number of nitrogens with zero attached hydrogens (tertiary/aromatic N) is 1. The molecule has 0 N–H and O–H groups in total. The molecule has 2 nitrogen and oxygen atoms in total. The van der Waals surface area contributed by atoms with Crippen molar-refractivity contribution in [2.45, 2.75) is 0 Å². The molecule has 1 rings (SSSR count). The summed E-state index contributed by atoms with van der Waals surface area (Å²) in [5.41, 5.74) is -0.293. The lowest BCUT2D eigenvalue weighted by molar-refractivity contribution is 0.410. The summed E-state index contributed by atoms with van der Waals surface area (Å²) in [6.07, 6.45) is 0. The van der Waals surface area contributed by atoms with Crippen LogP contribution in [-0.2, 0) is 0 Å². The molecule has 0 saturated heterocycles. The summed E-state index contributed by atoms with van der Waals surface area (Å²) in [7, 11) is 1.25. The molecule has 0 bridgehead atoms. The topological polar surface area (TPSA) is 13.6 Å². The van der Waals surface area contributed by atoms with E-state index in [-0.39, 0.29) is 11.4 Å². The molecular weight excluding hydrogens is 164 g/mol. The predicted molar refractivity (Wildman–Crippen MR) is 39.2 cm³/mol. The van der Waals surface area contributed by atoms with Crippen molar-refractivity contribution in [3.05, 3.63) is 35.2 Å². The molecule has 1 aromatic rings. The van der Waals surface area contributed by atoms with Gasteiger partial charge >= 0.3 is 0 Å². The van der Waals surface area contributed by atoms with Gasteiger partial charge in [0.05, 0.1) is 13.7 Å². The average Bonchev–Trinajstić information content (AvgIpc) is 2.03. The summed E-state index contributed by atoms with van der Waals surface area (Å²) in [5, 5.41) is 0. The van der Waals surface area contributed by atoms with E-state index < -0.39 is 11.6 Å². The predicted octanol–water partition coefficient (Wildman–Crippen LogP) is 2.52. The molecule has 0 aromatic heterocycles. The number of rotatable bonds is 1. The average molecular weight is 169 g/mol. The second-order valence-corrected chi connectivity index (χ2v) is 2.05. The quantitative estimate of drug-likeness (QED) is 0.589. The maximum absolute atomic E-state index is 12.8. The number of ether oxygens (including phenoxy) is 1. The largest absolute Gasteiger partial charge is 0.508 e. The zero-order valence-corrected chi connectivity index (χ0v) is 6.27. The molecule has 62 valence electrons.